The molecule has 0 aliphatic heterocycles. The molecule has 0 radical (unpaired) electrons. The highest BCUT2D eigenvalue weighted by Gasteiger charge is 2.10. The van der Waals surface area contributed by atoms with Gasteiger partial charge < -0.3 is 10.5 Å². The first kappa shape index (κ1) is 14.1. The Hall–Kier alpha value is -0.930. The summed E-state index contributed by atoms with van der Waals surface area (Å²) in [6, 6.07) is 3.38. The largest absolute Gasteiger partial charge is 0.466 e. The fraction of sp³-hybridized carbons (Fsp3) is 0.417. The summed E-state index contributed by atoms with van der Waals surface area (Å²) in [5, 5.41) is 0.947. The van der Waals surface area contributed by atoms with E-state index in [9.17, 15) is 4.79 Å². The quantitative estimate of drug-likeness (QED) is 0.661. The SMILES string of the molecule is CCOC(=O)CCCc1c(N)ccc(Cl)c1Cl. The number of nitrogen functional groups attached to an aromatic ring is 1. The average molecular weight is 276 g/mol. The zero-order valence-corrected chi connectivity index (χ0v) is 11.1. The van der Waals surface area contributed by atoms with Crippen LogP contribution in [0.3, 0.4) is 0 Å². The molecule has 17 heavy (non-hydrogen) atoms. The summed E-state index contributed by atoms with van der Waals surface area (Å²) in [5.41, 5.74) is 7.20. The minimum Gasteiger partial charge on any atom is -0.466 e. The molecule has 1 aromatic carbocycles. The fourth-order valence-corrected chi connectivity index (χ4v) is 1.95. The molecule has 5 heteroatoms. The number of hydrogen-bond acceptors (Lipinski definition) is 3. The minimum absolute atomic E-state index is 0.204. The zero-order chi connectivity index (χ0) is 12.8. The van der Waals surface area contributed by atoms with Crippen molar-refractivity contribution in [3.63, 3.8) is 0 Å². The predicted octanol–water partition coefficient (Wildman–Crippen LogP) is 3.46. The number of nitrogens with two attached hydrogens (primary N) is 1. The third-order valence-corrected chi connectivity index (χ3v) is 3.19. The van der Waals surface area contributed by atoms with Crippen molar-refractivity contribution in [1.82, 2.24) is 0 Å². The highest BCUT2D eigenvalue weighted by Crippen LogP contribution is 2.31. The first-order valence-corrected chi connectivity index (χ1v) is 6.19. The number of ether oxygens (including phenoxy) is 1. The molecule has 0 heterocycles. The van der Waals surface area contributed by atoms with Gasteiger partial charge in [-0.25, -0.2) is 0 Å². The van der Waals surface area contributed by atoms with Gasteiger partial charge in [-0.15, -0.1) is 0 Å². The van der Waals surface area contributed by atoms with Crippen molar-refractivity contribution in [2.45, 2.75) is 26.2 Å². The van der Waals surface area contributed by atoms with Crippen LogP contribution in [-0.2, 0) is 16.0 Å². The first-order valence-electron chi connectivity index (χ1n) is 5.44. The standard InChI is InChI=1S/C12H15Cl2NO2/c1-2-17-11(16)5-3-4-8-10(15)7-6-9(13)12(8)14/h6-7H,2-5,15H2,1H3. The van der Waals surface area contributed by atoms with Gasteiger partial charge in [-0.1, -0.05) is 23.2 Å². The molecular formula is C12H15Cl2NO2. The predicted molar refractivity (Wildman–Crippen MR) is 70.4 cm³/mol. The van der Waals surface area contributed by atoms with E-state index >= 15 is 0 Å². The Bertz CT molecular complexity index is 408. The molecule has 0 aliphatic rings. The smallest absolute Gasteiger partial charge is 0.305 e. The molecule has 3 nitrogen and oxygen atoms in total. The lowest BCUT2D eigenvalue weighted by Gasteiger charge is -2.09. The molecule has 0 fully saturated rings. The highest BCUT2D eigenvalue weighted by atomic mass is 35.5. The molecule has 0 saturated carbocycles. The van der Waals surface area contributed by atoms with E-state index in [-0.39, 0.29) is 5.97 Å². The second-order valence-corrected chi connectivity index (χ2v) is 4.37. The summed E-state index contributed by atoms with van der Waals surface area (Å²) < 4.78 is 4.83. The van der Waals surface area contributed by atoms with Crippen LogP contribution < -0.4 is 5.73 Å². The normalized spacial score (nSPS) is 10.3. The first-order chi connectivity index (χ1) is 8.06. The van der Waals surface area contributed by atoms with Crippen LogP contribution in [0.25, 0.3) is 0 Å². The van der Waals surface area contributed by atoms with Gasteiger partial charge in [0, 0.05) is 12.1 Å². The van der Waals surface area contributed by atoms with Gasteiger partial charge in [0.15, 0.2) is 0 Å². The number of benzene rings is 1. The van der Waals surface area contributed by atoms with Crippen LogP contribution in [0.2, 0.25) is 10.0 Å². The van der Waals surface area contributed by atoms with Gasteiger partial charge in [0.05, 0.1) is 16.7 Å². The summed E-state index contributed by atoms with van der Waals surface area (Å²) in [6.07, 6.45) is 1.61. The molecule has 0 bridgehead atoms. The van der Waals surface area contributed by atoms with Crippen molar-refractivity contribution < 1.29 is 9.53 Å². The Labute approximate surface area is 111 Å². The van der Waals surface area contributed by atoms with Gasteiger partial charge in [0.25, 0.3) is 0 Å². The Morgan fingerprint density at radius 2 is 2.12 bits per heavy atom. The van der Waals surface area contributed by atoms with Crippen molar-refractivity contribution in [3.05, 3.63) is 27.7 Å². The lowest BCUT2D eigenvalue weighted by Crippen LogP contribution is -2.05. The van der Waals surface area contributed by atoms with Crippen LogP contribution in [0.15, 0.2) is 12.1 Å². The molecule has 0 saturated heterocycles. The number of halogens is 2. The van der Waals surface area contributed by atoms with E-state index < -0.39 is 0 Å². The number of hydrogen-bond donors (Lipinski definition) is 1. The van der Waals surface area contributed by atoms with Crippen LogP contribution >= 0.6 is 23.2 Å². The minimum atomic E-state index is -0.204. The van der Waals surface area contributed by atoms with Crippen molar-refractivity contribution in [3.8, 4) is 0 Å². The van der Waals surface area contributed by atoms with Crippen molar-refractivity contribution in [2.24, 2.45) is 0 Å². The Kier molecular flexibility index (Phi) is 5.59. The maximum Gasteiger partial charge on any atom is 0.305 e. The second-order valence-electron chi connectivity index (χ2n) is 3.59. The van der Waals surface area contributed by atoms with Gasteiger partial charge in [-0.05, 0) is 37.5 Å². The van der Waals surface area contributed by atoms with Crippen molar-refractivity contribution in [1.29, 1.82) is 0 Å². The number of carbonyl (C=O) groups excluding carboxylic acids is 1. The fourth-order valence-electron chi connectivity index (χ4n) is 1.50. The van der Waals surface area contributed by atoms with Gasteiger partial charge in [-0.3, -0.25) is 4.79 Å². The van der Waals surface area contributed by atoms with Crippen LogP contribution in [0, 0.1) is 0 Å². The summed E-state index contributed by atoms with van der Waals surface area (Å²) in [6.45, 7) is 2.18. The van der Waals surface area contributed by atoms with Crippen LogP contribution in [0.5, 0.6) is 0 Å². The number of carbonyl (C=O) groups is 1. The molecule has 0 spiro atoms. The van der Waals surface area contributed by atoms with E-state index in [1.807, 2.05) is 0 Å². The third kappa shape index (κ3) is 4.10. The summed E-state index contributed by atoms with van der Waals surface area (Å²) in [7, 11) is 0. The van der Waals surface area contributed by atoms with Crippen LogP contribution in [0.1, 0.15) is 25.3 Å². The van der Waals surface area contributed by atoms with E-state index in [4.69, 9.17) is 33.7 Å². The topological polar surface area (TPSA) is 52.3 Å². The molecule has 0 amide bonds. The second kappa shape index (κ2) is 6.72. The number of anilines is 1. The molecule has 0 aromatic heterocycles. The Balaban J connectivity index is 2.58. The van der Waals surface area contributed by atoms with E-state index in [1.54, 1.807) is 19.1 Å². The average Bonchev–Trinajstić information content (AvgIpc) is 2.29. The molecule has 0 unspecified atom stereocenters. The van der Waals surface area contributed by atoms with E-state index in [2.05, 4.69) is 0 Å². The van der Waals surface area contributed by atoms with Gasteiger partial charge in [0.2, 0.25) is 0 Å². The Morgan fingerprint density at radius 1 is 1.41 bits per heavy atom. The summed E-state index contributed by atoms with van der Waals surface area (Å²) in [5.74, 6) is -0.204. The summed E-state index contributed by atoms with van der Waals surface area (Å²) in [4.78, 5) is 11.2. The number of rotatable bonds is 5. The van der Waals surface area contributed by atoms with E-state index in [0.29, 0.717) is 41.6 Å². The van der Waals surface area contributed by atoms with Crippen molar-refractivity contribution in [2.75, 3.05) is 12.3 Å². The van der Waals surface area contributed by atoms with Gasteiger partial charge in [-0.2, -0.15) is 0 Å². The van der Waals surface area contributed by atoms with Crippen LogP contribution in [-0.4, -0.2) is 12.6 Å². The Morgan fingerprint density at radius 3 is 2.76 bits per heavy atom. The van der Waals surface area contributed by atoms with Crippen LogP contribution in [0.4, 0.5) is 5.69 Å². The lowest BCUT2D eigenvalue weighted by atomic mass is 10.1. The maximum atomic E-state index is 11.2. The molecule has 1 rings (SSSR count). The molecule has 1 aromatic rings. The maximum absolute atomic E-state index is 11.2. The molecule has 0 aliphatic carbocycles. The molecule has 94 valence electrons. The lowest BCUT2D eigenvalue weighted by molar-refractivity contribution is -0.143. The monoisotopic (exact) mass is 275 g/mol. The van der Waals surface area contributed by atoms with Gasteiger partial charge in [0.1, 0.15) is 0 Å². The van der Waals surface area contributed by atoms with E-state index in [1.165, 1.54) is 0 Å². The molecule has 2 N–H and O–H groups in total. The zero-order valence-electron chi connectivity index (χ0n) is 9.63. The van der Waals surface area contributed by atoms with Crippen molar-refractivity contribution >= 4 is 34.9 Å². The summed E-state index contributed by atoms with van der Waals surface area (Å²) >= 11 is 11.9. The highest BCUT2D eigenvalue weighted by molar-refractivity contribution is 6.42. The van der Waals surface area contributed by atoms with Gasteiger partial charge >= 0.3 is 5.97 Å². The molecule has 0 atom stereocenters. The number of esters is 1. The van der Waals surface area contributed by atoms with E-state index in [0.717, 1.165) is 5.56 Å². The third-order valence-electron chi connectivity index (χ3n) is 2.35. The molecular weight excluding hydrogens is 261 g/mol.